The van der Waals surface area contributed by atoms with Crippen LogP contribution in [0.2, 0.25) is 0 Å². The number of benzene rings is 2. The first-order valence-corrected chi connectivity index (χ1v) is 6.53. The van der Waals surface area contributed by atoms with Crippen LogP contribution in [0.25, 0.3) is 0 Å². The van der Waals surface area contributed by atoms with Crippen molar-refractivity contribution in [2.45, 2.75) is 18.5 Å². The fourth-order valence-electron chi connectivity index (χ4n) is 2.47. The van der Waals surface area contributed by atoms with Crippen molar-refractivity contribution in [1.82, 2.24) is 0 Å². The molecule has 1 heterocycles. The SMILES string of the molecule is C1=NC(Cc2ccccc2)(Cc2ccccc2)N=C1. The van der Waals surface area contributed by atoms with Gasteiger partial charge in [0.15, 0.2) is 5.66 Å². The fourth-order valence-corrected chi connectivity index (χ4v) is 2.47. The van der Waals surface area contributed by atoms with Crippen LogP contribution in [0.3, 0.4) is 0 Å². The highest BCUT2D eigenvalue weighted by atomic mass is 15.1. The summed E-state index contributed by atoms with van der Waals surface area (Å²) in [6.45, 7) is 0. The molecule has 0 bridgehead atoms. The van der Waals surface area contributed by atoms with Gasteiger partial charge < -0.3 is 0 Å². The lowest BCUT2D eigenvalue weighted by molar-refractivity contribution is 0.454. The van der Waals surface area contributed by atoms with Gasteiger partial charge in [0.05, 0.1) is 0 Å². The van der Waals surface area contributed by atoms with E-state index in [9.17, 15) is 0 Å². The summed E-state index contributed by atoms with van der Waals surface area (Å²) in [6.07, 6.45) is 5.31. The van der Waals surface area contributed by atoms with Gasteiger partial charge in [-0.2, -0.15) is 0 Å². The van der Waals surface area contributed by atoms with Crippen LogP contribution in [0, 0.1) is 0 Å². The molecule has 94 valence electrons. The Morgan fingerprint density at radius 3 is 1.47 bits per heavy atom. The molecular formula is C17H16N2. The average Bonchev–Trinajstić information content (AvgIpc) is 2.89. The van der Waals surface area contributed by atoms with Crippen molar-refractivity contribution in [2.75, 3.05) is 0 Å². The lowest BCUT2D eigenvalue weighted by atomic mass is 9.94. The van der Waals surface area contributed by atoms with E-state index >= 15 is 0 Å². The molecule has 0 radical (unpaired) electrons. The molecule has 0 amide bonds. The monoisotopic (exact) mass is 248 g/mol. The van der Waals surface area contributed by atoms with Gasteiger partial charge in [-0.25, -0.2) is 0 Å². The maximum Gasteiger partial charge on any atom is 0.158 e. The van der Waals surface area contributed by atoms with Crippen LogP contribution in [-0.2, 0) is 12.8 Å². The van der Waals surface area contributed by atoms with Crippen LogP contribution in [0.5, 0.6) is 0 Å². The topological polar surface area (TPSA) is 24.7 Å². The second-order valence-corrected chi connectivity index (χ2v) is 4.86. The quantitative estimate of drug-likeness (QED) is 0.793. The zero-order valence-corrected chi connectivity index (χ0v) is 10.7. The van der Waals surface area contributed by atoms with E-state index in [2.05, 4.69) is 58.5 Å². The first-order chi connectivity index (χ1) is 9.36. The Morgan fingerprint density at radius 2 is 1.05 bits per heavy atom. The second kappa shape index (κ2) is 5.19. The van der Waals surface area contributed by atoms with Crippen molar-refractivity contribution >= 4 is 12.4 Å². The maximum absolute atomic E-state index is 4.61. The normalized spacial score (nSPS) is 15.8. The van der Waals surface area contributed by atoms with Gasteiger partial charge in [0.25, 0.3) is 0 Å². The highest BCUT2D eigenvalue weighted by Crippen LogP contribution is 2.26. The third-order valence-corrected chi connectivity index (χ3v) is 3.36. The zero-order valence-electron chi connectivity index (χ0n) is 10.7. The molecule has 19 heavy (non-hydrogen) atoms. The average molecular weight is 248 g/mol. The zero-order chi connectivity index (χ0) is 13.0. The van der Waals surface area contributed by atoms with Crippen molar-refractivity contribution in [3.8, 4) is 0 Å². The Morgan fingerprint density at radius 1 is 0.632 bits per heavy atom. The first-order valence-electron chi connectivity index (χ1n) is 6.53. The van der Waals surface area contributed by atoms with E-state index in [1.807, 2.05) is 24.6 Å². The van der Waals surface area contributed by atoms with E-state index < -0.39 is 0 Å². The summed E-state index contributed by atoms with van der Waals surface area (Å²) in [4.78, 5) is 9.22. The molecule has 2 heteroatoms. The summed E-state index contributed by atoms with van der Waals surface area (Å²) in [5, 5.41) is 0. The van der Waals surface area contributed by atoms with Gasteiger partial charge in [0.1, 0.15) is 0 Å². The van der Waals surface area contributed by atoms with Gasteiger partial charge in [0.2, 0.25) is 0 Å². The van der Waals surface area contributed by atoms with Crippen molar-refractivity contribution in [3.63, 3.8) is 0 Å². The van der Waals surface area contributed by atoms with Gasteiger partial charge in [-0.05, 0) is 11.1 Å². The smallest absolute Gasteiger partial charge is 0.158 e. The second-order valence-electron chi connectivity index (χ2n) is 4.86. The predicted octanol–water partition coefficient (Wildman–Crippen LogP) is 3.32. The van der Waals surface area contributed by atoms with Crippen LogP contribution in [-0.4, -0.2) is 18.1 Å². The van der Waals surface area contributed by atoms with Crippen LogP contribution in [0.1, 0.15) is 11.1 Å². The van der Waals surface area contributed by atoms with Crippen molar-refractivity contribution in [3.05, 3.63) is 71.8 Å². The molecule has 0 aromatic heterocycles. The van der Waals surface area contributed by atoms with Crippen molar-refractivity contribution < 1.29 is 0 Å². The lowest BCUT2D eigenvalue weighted by Gasteiger charge is -2.23. The van der Waals surface area contributed by atoms with E-state index in [-0.39, 0.29) is 5.66 Å². The maximum atomic E-state index is 4.61. The third kappa shape index (κ3) is 2.79. The molecule has 2 nitrogen and oxygen atoms in total. The van der Waals surface area contributed by atoms with E-state index in [4.69, 9.17) is 0 Å². The van der Waals surface area contributed by atoms with Gasteiger partial charge in [-0.1, -0.05) is 60.7 Å². The highest BCUT2D eigenvalue weighted by Gasteiger charge is 2.30. The summed E-state index contributed by atoms with van der Waals surface area (Å²) in [7, 11) is 0. The number of nitrogens with zero attached hydrogens (tertiary/aromatic N) is 2. The van der Waals surface area contributed by atoms with Crippen LogP contribution in [0.15, 0.2) is 70.6 Å². The van der Waals surface area contributed by atoms with E-state index in [0.717, 1.165) is 12.8 Å². The summed E-state index contributed by atoms with van der Waals surface area (Å²) in [5.74, 6) is 0. The van der Waals surface area contributed by atoms with Gasteiger partial charge in [-0.3, -0.25) is 9.98 Å². The molecule has 2 aromatic carbocycles. The molecule has 0 atom stereocenters. The molecule has 0 fully saturated rings. The number of rotatable bonds is 4. The lowest BCUT2D eigenvalue weighted by Crippen LogP contribution is -2.28. The van der Waals surface area contributed by atoms with Gasteiger partial charge >= 0.3 is 0 Å². The molecule has 1 aliphatic rings. The third-order valence-electron chi connectivity index (χ3n) is 3.36. The summed E-state index contributed by atoms with van der Waals surface area (Å²) >= 11 is 0. The van der Waals surface area contributed by atoms with Crippen LogP contribution >= 0.6 is 0 Å². The molecule has 0 saturated heterocycles. The van der Waals surface area contributed by atoms with Crippen LogP contribution < -0.4 is 0 Å². The molecule has 0 N–H and O–H groups in total. The molecule has 0 spiro atoms. The minimum absolute atomic E-state index is 0.358. The Balaban J connectivity index is 1.84. The summed E-state index contributed by atoms with van der Waals surface area (Å²) in [6, 6.07) is 20.9. The molecule has 1 aliphatic heterocycles. The summed E-state index contributed by atoms with van der Waals surface area (Å²) < 4.78 is 0. The Hall–Kier alpha value is -2.22. The standard InChI is InChI=1S/C17H16N2/c1-3-7-15(8-4-1)13-17(18-11-12-19-17)14-16-9-5-2-6-10-16/h1-12H,13-14H2. The Bertz CT molecular complexity index is 530. The molecule has 0 saturated carbocycles. The molecule has 3 rings (SSSR count). The molecular weight excluding hydrogens is 232 g/mol. The molecule has 0 aliphatic carbocycles. The highest BCUT2D eigenvalue weighted by molar-refractivity contribution is 6.17. The Labute approximate surface area is 113 Å². The van der Waals surface area contributed by atoms with E-state index in [1.165, 1.54) is 11.1 Å². The van der Waals surface area contributed by atoms with Gasteiger partial charge in [0, 0.05) is 25.3 Å². The molecule has 2 aromatic rings. The van der Waals surface area contributed by atoms with E-state index in [0.29, 0.717) is 0 Å². The summed E-state index contributed by atoms with van der Waals surface area (Å²) in [5.41, 5.74) is 2.19. The Kier molecular flexibility index (Phi) is 3.23. The van der Waals surface area contributed by atoms with E-state index in [1.54, 1.807) is 0 Å². The largest absolute Gasteiger partial charge is 0.261 e. The molecule has 0 unspecified atom stereocenters. The van der Waals surface area contributed by atoms with Crippen molar-refractivity contribution in [1.29, 1.82) is 0 Å². The number of hydrogen-bond donors (Lipinski definition) is 0. The number of aliphatic imine (C=N–C) groups is 2. The minimum Gasteiger partial charge on any atom is -0.261 e. The van der Waals surface area contributed by atoms with Crippen LogP contribution in [0.4, 0.5) is 0 Å². The van der Waals surface area contributed by atoms with Gasteiger partial charge in [-0.15, -0.1) is 0 Å². The predicted molar refractivity (Wildman–Crippen MR) is 80.0 cm³/mol. The first kappa shape index (κ1) is 11.8. The minimum atomic E-state index is -0.358. The van der Waals surface area contributed by atoms with Crippen molar-refractivity contribution in [2.24, 2.45) is 9.98 Å². The number of hydrogen-bond acceptors (Lipinski definition) is 2. The fraction of sp³-hybridized carbons (Fsp3) is 0.176.